The first kappa shape index (κ1) is 10.7. The standard InChI is InChI=1S/C12H20N2O/c1-2-13-8-11-7-12(15-10-11)9-14-5-3-4-6-14/h7,10,13H,2-6,8-9H2,1H3. The van der Waals surface area contributed by atoms with Crippen LogP contribution in [-0.2, 0) is 13.1 Å². The molecule has 1 saturated heterocycles. The second kappa shape index (κ2) is 5.33. The quantitative estimate of drug-likeness (QED) is 0.802. The molecular formula is C12H20N2O. The zero-order valence-corrected chi connectivity index (χ0v) is 9.46. The van der Waals surface area contributed by atoms with Gasteiger partial charge in [0.15, 0.2) is 0 Å². The summed E-state index contributed by atoms with van der Waals surface area (Å²) in [5.41, 5.74) is 1.26. The van der Waals surface area contributed by atoms with Crippen molar-refractivity contribution in [3.05, 3.63) is 23.7 Å². The lowest BCUT2D eigenvalue weighted by Gasteiger charge is -2.11. The smallest absolute Gasteiger partial charge is 0.118 e. The number of nitrogens with one attached hydrogen (secondary N) is 1. The van der Waals surface area contributed by atoms with Gasteiger partial charge in [0, 0.05) is 12.1 Å². The molecular weight excluding hydrogens is 188 g/mol. The van der Waals surface area contributed by atoms with Gasteiger partial charge < -0.3 is 9.73 Å². The minimum absolute atomic E-state index is 0.917. The Kier molecular flexibility index (Phi) is 3.80. The molecule has 3 heteroatoms. The topological polar surface area (TPSA) is 28.4 Å². The molecule has 1 aromatic rings. The van der Waals surface area contributed by atoms with Crippen LogP contribution in [0.3, 0.4) is 0 Å². The molecule has 2 rings (SSSR count). The third kappa shape index (κ3) is 3.08. The van der Waals surface area contributed by atoms with Crippen molar-refractivity contribution in [1.29, 1.82) is 0 Å². The summed E-state index contributed by atoms with van der Waals surface area (Å²) in [7, 11) is 0. The van der Waals surface area contributed by atoms with Gasteiger partial charge in [0.1, 0.15) is 5.76 Å². The van der Waals surface area contributed by atoms with Crippen LogP contribution >= 0.6 is 0 Å². The number of likely N-dealkylation sites (tertiary alicyclic amines) is 1. The van der Waals surface area contributed by atoms with Crippen LogP contribution in [0.1, 0.15) is 31.1 Å². The molecule has 0 spiro atoms. The molecule has 3 nitrogen and oxygen atoms in total. The van der Waals surface area contributed by atoms with Gasteiger partial charge in [0.05, 0.1) is 12.8 Å². The van der Waals surface area contributed by atoms with E-state index in [0.29, 0.717) is 0 Å². The number of nitrogens with zero attached hydrogens (tertiary/aromatic N) is 1. The first-order valence-electron chi connectivity index (χ1n) is 5.88. The van der Waals surface area contributed by atoms with Crippen molar-refractivity contribution in [2.75, 3.05) is 19.6 Å². The molecule has 15 heavy (non-hydrogen) atoms. The van der Waals surface area contributed by atoms with Crippen LogP contribution in [0.25, 0.3) is 0 Å². The Balaban J connectivity index is 1.83. The van der Waals surface area contributed by atoms with E-state index >= 15 is 0 Å². The van der Waals surface area contributed by atoms with Gasteiger partial charge in [-0.2, -0.15) is 0 Å². The molecule has 0 atom stereocenters. The van der Waals surface area contributed by atoms with Crippen molar-refractivity contribution in [2.24, 2.45) is 0 Å². The predicted octanol–water partition coefficient (Wildman–Crippen LogP) is 1.98. The molecule has 2 heterocycles. The minimum atomic E-state index is 0.917. The van der Waals surface area contributed by atoms with Crippen LogP contribution in [0, 0.1) is 0 Å². The molecule has 1 aliphatic rings. The lowest BCUT2D eigenvalue weighted by atomic mass is 10.3. The van der Waals surface area contributed by atoms with Crippen LogP contribution in [0.5, 0.6) is 0 Å². The van der Waals surface area contributed by atoms with Crippen molar-refractivity contribution < 1.29 is 4.42 Å². The fourth-order valence-corrected chi connectivity index (χ4v) is 2.03. The van der Waals surface area contributed by atoms with Crippen molar-refractivity contribution in [1.82, 2.24) is 10.2 Å². The SMILES string of the molecule is CCNCc1coc(CN2CCCC2)c1. The zero-order chi connectivity index (χ0) is 10.5. The zero-order valence-electron chi connectivity index (χ0n) is 9.46. The van der Waals surface area contributed by atoms with Gasteiger partial charge in [-0.15, -0.1) is 0 Å². The van der Waals surface area contributed by atoms with Crippen molar-refractivity contribution in [2.45, 2.75) is 32.9 Å². The normalized spacial score (nSPS) is 17.4. The number of hydrogen-bond acceptors (Lipinski definition) is 3. The largest absolute Gasteiger partial charge is 0.468 e. The molecule has 1 aliphatic heterocycles. The molecule has 0 unspecified atom stereocenters. The van der Waals surface area contributed by atoms with Gasteiger partial charge in [-0.05, 0) is 38.5 Å². The van der Waals surface area contributed by atoms with E-state index in [0.717, 1.165) is 25.4 Å². The van der Waals surface area contributed by atoms with Gasteiger partial charge in [0.2, 0.25) is 0 Å². The lowest BCUT2D eigenvalue weighted by molar-refractivity contribution is 0.297. The van der Waals surface area contributed by atoms with Crippen molar-refractivity contribution >= 4 is 0 Å². The Morgan fingerprint density at radius 1 is 1.40 bits per heavy atom. The number of furan rings is 1. The van der Waals surface area contributed by atoms with Crippen LogP contribution in [-0.4, -0.2) is 24.5 Å². The highest BCUT2D eigenvalue weighted by atomic mass is 16.3. The summed E-state index contributed by atoms with van der Waals surface area (Å²) in [4.78, 5) is 2.45. The van der Waals surface area contributed by atoms with E-state index in [1.807, 2.05) is 6.26 Å². The predicted molar refractivity (Wildman–Crippen MR) is 60.6 cm³/mol. The molecule has 0 amide bonds. The molecule has 84 valence electrons. The van der Waals surface area contributed by atoms with Gasteiger partial charge in [0.25, 0.3) is 0 Å². The second-order valence-electron chi connectivity index (χ2n) is 4.18. The third-order valence-corrected chi connectivity index (χ3v) is 2.87. The van der Waals surface area contributed by atoms with E-state index in [9.17, 15) is 0 Å². The van der Waals surface area contributed by atoms with Gasteiger partial charge >= 0.3 is 0 Å². The van der Waals surface area contributed by atoms with Crippen molar-refractivity contribution in [3.63, 3.8) is 0 Å². The summed E-state index contributed by atoms with van der Waals surface area (Å²) in [5, 5.41) is 3.30. The summed E-state index contributed by atoms with van der Waals surface area (Å²) >= 11 is 0. The first-order chi connectivity index (χ1) is 7.38. The number of hydrogen-bond donors (Lipinski definition) is 1. The van der Waals surface area contributed by atoms with E-state index in [1.54, 1.807) is 0 Å². The average Bonchev–Trinajstić information content (AvgIpc) is 2.87. The molecule has 0 saturated carbocycles. The molecule has 1 aromatic heterocycles. The van der Waals surface area contributed by atoms with Crippen LogP contribution < -0.4 is 5.32 Å². The number of rotatable bonds is 5. The highest BCUT2D eigenvalue weighted by Crippen LogP contribution is 2.14. The molecule has 0 bridgehead atoms. The Labute approximate surface area is 91.4 Å². The molecule has 0 aliphatic carbocycles. The van der Waals surface area contributed by atoms with Gasteiger partial charge in [-0.25, -0.2) is 0 Å². The molecule has 0 radical (unpaired) electrons. The maximum absolute atomic E-state index is 5.54. The monoisotopic (exact) mass is 208 g/mol. The van der Waals surface area contributed by atoms with Gasteiger partial charge in [-0.3, -0.25) is 4.90 Å². The maximum atomic E-state index is 5.54. The summed E-state index contributed by atoms with van der Waals surface area (Å²) in [6.07, 6.45) is 4.55. The summed E-state index contributed by atoms with van der Waals surface area (Å²) in [6, 6.07) is 2.17. The van der Waals surface area contributed by atoms with E-state index in [2.05, 4.69) is 23.2 Å². The average molecular weight is 208 g/mol. The Morgan fingerprint density at radius 3 is 2.93 bits per heavy atom. The van der Waals surface area contributed by atoms with E-state index in [4.69, 9.17) is 4.42 Å². The summed E-state index contributed by atoms with van der Waals surface area (Å²) < 4.78 is 5.54. The van der Waals surface area contributed by atoms with Gasteiger partial charge in [-0.1, -0.05) is 6.92 Å². The summed E-state index contributed by atoms with van der Waals surface area (Å²) in [6.45, 7) is 7.47. The minimum Gasteiger partial charge on any atom is -0.468 e. The summed E-state index contributed by atoms with van der Waals surface area (Å²) in [5.74, 6) is 1.10. The molecule has 0 aromatic carbocycles. The maximum Gasteiger partial charge on any atom is 0.118 e. The van der Waals surface area contributed by atoms with E-state index in [-0.39, 0.29) is 0 Å². The highest BCUT2D eigenvalue weighted by Gasteiger charge is 2.13. The second-order valence-corrected chi connectivity index (χ2v) is 4.18. The lowest BCUT2D eigenvalue weighted by Crippen LogP contribution is -2.17. The van der Waals surface area contributed by atoms with E-state index in [1.165, 1.54) is 31.5 Å². The van der Waals surface area contributed by atoms with Crippen LogP contribution in [0.15, 0.2) is 16.7 Å². The highest BCUT2D eigenvalue weighted by molar-refractivity contribution is 5.12. The Hall–Kier alpha value is -0.800. The molecule has 1 N–H and O–H groups in total. The first-order valence-corrected chi connectivity index (χ1v) is 5.88. The fraction of sp³-hybridized carbons (Fsp3) is 0.667. The third-order valence-electron chi connectivity index (χ3n) is 2.87. The van der Waals surface area contributed by atoms with Crippen molar-refractivity contribution in [3.8, 4) is 0 Å². The fourth-order valence-electron chi connectivity index (χ4n) is 2.03. The van der Waals surface area contributed by atoms with Crippen LogP contribution in [0.2, 0.25) is 0 Å². The Bertz CT molecular complexity index is 290. The molecule has 1 fully saturated rings. The van der Waals surface area contributed by atoms with Crippen LogP contribution in [0.4, 0.5) is 0 Å². The van der Waals surface area contributed by atoms with E-state index < -0.39 is 0 Å². The Morgan fingerprint density at radius 2 is 2.20 bits per heavy atom.